The molecule has 1 fully saturated rings. The molecule has 17 heavy (non-hydrogen) atoms. The lowest BCUT2D eigenvalue weighted by Gasteiger charge is -2.49. The molecular formula is C15H32N2. The van der Waals surface area contributed by atoms with Gasteiger partial charge < -0.3 is 5.32 Å². The van der Waals surface area contributed by atoms with Gasteiger partial charge in [-0.3, -0.25) is 4.90 Å². The van der Waals surface area contributed by atoms with E-state index in [9.17, 15) is 0 Å². The maximum atomic E-state index is 3.69. The molecule has 1 aliphatic rings. The van der Waals surface area contributed by atoms with Gasteiger partial charge in [-0.2, -0.15) is 0 Å². The SMILES string of the molecule is CCC1CN(C(C)C(C)(C)C)C(C(C)C)CN1. The fraction of sp³-hybridized carbons (Fsp3) is 1.00. The largest absolute Gasteiger partial charge is 0.311 e. The Morgan fingerprint density at radius 1 is 1.24 bits per heavy atom. The number of hydrogen-bond acceptors (Lipinski definition) is 2. The van der Waals surface area contributed by atoms with Gasteiger partial charge in [0.1, 0.15) is 0 Å². The summed E-state index contributed by atoms with van der Waals surface area (Å²) in [7, 11) is 0. The van der Waals surface area contributed by atoms with E-state index < -0.39 is 0 Å². The molecule has 3 unspecified atom stereocenters. The highest BCUT2D eigenvalue weighted by atomic mass is 15.3. The van der Waals surface area contributed by atoms with Crippen molar-refractivity contribution in [3.05, 3.63) is 0 Å². The van der Waals surface area contributed by atoms with Gasteiger partial charge in [0.25, 0.3) is 0 Å². The number of nitrogens with one attached hydrogen (secondary N) is 1. The summed E-state index contributed by atoms with van der Waals surface area (Å²) in [5.41, 5.74) is 0.364. The van der Waals surface area contributed by atoms with Gasteiger partial charge in [0.15, 0.2) is 0 Å². The van der Waals surface area contributed by atoms with Crippen LogP contribution in [0, 0.1) is 11.3 Å². The highest BCUT2D eigenvalue weighted by Gasteiger charge is 2.36. The Labute approximate surface area is 108 Å². The van der Waals surface area contributed by atoms with E-state index in [1.165, 1.54) is 13.0 Å². The quantitative estimate of drug-likeness (QED) is 0.815. The van der Waals surface area contributed by atoms with Gasteiger partial charge in [-0.25, -0.2) is 0 Å². The van der Waals surface area contributed by atoms with E-state index in [-0.39, 0.29) is 0 Å². The second-order valence-electron chi connectivity index (χ2n) is 7.06. The molecule has 0 saturated carbocycles. The van der Waals surface area contributed by atoms with Crippen molar-refractivity contribution in [1.29, 1.82) is 0 Å². The maximum absolute atomic E-state index is 3.69. The van der Waals surface area contributed by atoms with Crippen LogP contribution in [-0.2, 0) is 0 Å². The first kappa shape index (κ1) is 15.0. The van der Waals surface area contributed by atoms with Crippen LogP contribution in [0.1, 0.15) is 54.9 Å². The lowest BCUT2D eigenvalue weighted by Crippen LogP contribution is -2.62. The second kappa shape index (κ2) is 5.71. The summed E-state index contributed by atoms with van der Waals surface area (Å²) in [6, 6.07) is 2.01. The Morgan fingerprint density at radius 2 is 1.82 bits per heavy atom. The van der Waals surface area contributed by atoms with Gasteiger partial charge in [-0.1, -0.05) is 41.5 Å². The second-order valence-corrected chi connectivity index (χ2v) is 7.06. The van der Waals surface area contributed by atoms with Crippen molar-refractivity contribution < 1.29 is 0 Å². The molecule has 2 nitrogen and oxygen atoms in total. The zero-order valence-electron chi connectivity index (χ0n) is 12.9. The van der Waals surface area contributed by atoms with Crippen molar-refractivity contribution >= 4 is 0 Å². The van der Waals surface area contributed by atoms with Crippen molar-refractivity contribution in [3.8, 4) is 0 Å². The monoisotopic (exact) mass is 240 g/mol. The summed E-state index contributed by atoms with van der Waals surface area (Å²) in [6.45, 7) is 18.8. The van der Waals surface area contributed by atoms with E-state index >= 15 is 0 Å². The van der Waals surface area contributed by atoms with Crippen molar-refractivity contribution in [2.75, 3.05) is 13.1 Å². The number of hydrogen-bond donors (Lipinski definition) is 1. The average molecular weight is 240 g/mol. The van der Waals surface area contributed by atoms with E-state index in [0.717, 1.165) is 12.5 Å². The third-order valence-electron chi connectivity index (χ3n) is 4.49. The van der Waals surface area contributed by atoms with Crippen LogP contribution in [0.25, 0.3) is 0 Å². The molecule has 0 aromatic heterocycles. The number of rotatable bonds is 3. The van der Waals surface area contributed by atoms with Crippen molar-refractivity contribution in [1.82, 2.24) is 10.2 Å². The normalized spacial score (nSPS) is 29.6. The molecule has 0 amide bonds. The maximum Gasteiger partial charge on any atom is 0.0247 e. The summed E-state index contributed by atoms with van der Waals surface area (Å²) in [6.07, 6.45) is 1.23. The first-order valence-corrected chi connectivity index (χ1v) is 7.26. The van der Waals surface area contributed by atoms with Gasteiger partial charge in [0.2, 0.25) is 0 Å². The van der Waals surface area contributed by atoms with Crippen LogP contribution in [0.3, 0.4) is 0 Å². The third-order valence-corrected chi connectivity index (χ3v) is 4.49. The van der Waals surface area contributed by atoms with Crippen molar-refractivity contribution in [2.45, 2.75) is 73.0 Å². The predicted molar refractivity (Wildman–Crippen MR) is 76.3 cm³/mol. The summed E-state index contributed by atoms with van der Waals surface area (Å²) in [4.78, 5) is 2.75. The van der Waals surface area contributed by atoms with Crippen LogP contribution in [0.2, 0.25) is 0 Å². The molecule has 0 aromatic rings. The first-order chi connectivity index (χ1) is 7.77. The van der Waals surface area contributed by atoms with Gasteiger partial charge in [0, 0.05) is 31.2 Å². The van der Waals surface area contributed by atoms with Crippen molar-refractivity contribution in [3.63, 3.8) is 0 Å². The van der Waals surface area contributed by atoms with Crippen LogP contribution in [0.5, 0.6) is 0 Å². The minimum atomic E-state index is 0.364. The molecule has 3 atom stereocenters. The van der Waals surface area contributed by atoms with Crippen LogP contribution in [0.15, 0.2) is 0 Å². The third kappa shape index (κ3) is 3.69. The first-order valence-electron chi connectivity index (χ1n) is 7.26. The summed E-state index contributed by atoms with van der Waals surface area (Å²) in [5, 5.41) is 3.69. The van der Waals surface area contributed by atoms with E-state index in [4.69, 9.17) is 0 Å². The van der Waals surface area contributed by atoms with Crippen molar-refractivity contribution in [2.24, 2.45) is 11.3 Å². The van der Waals surface area contributed by atoms with Gasteiger partial charge >= 0.3 is 0 Å². The Kier molecular flexibility index (Phi) is 5.03. The summed E-state index contributed by atoms with van der Waals surface area (Å²) < 4.78 is 0. The Morgan fingerprint density at radius 3 is 2.24 bits per heavy atom. The lowest BCUT2D eigenvalue weighted by atomic mass is 9.83. The average Bonchev–Trinajstić information content (AvgIpc) is 2.25. The smallest absolute Gasteiger partial charge is 0.0247 e. The molecule has 1 aliphatic heterocycles. The highest BCUT2D eigenvalue weighted by molar-refractivity contribution is 4.92. The van der Waals surface area contributed by atoms with E-state index in [0.29, 0.717) is 23.5 Å². The van der Waals surface area contributed by atoms with Gasteiger partial charge in [-0.15, -0.1) is 0 Å². The molecule has 1 N–H and O–H groups in total. The zero-order chi connectivity index (χ0) is 13.2. The molecule has 1 saturated heterocycles. The molecule has 0 spiro atoms. The molecule has 1 rings (SSSR count). The van der Waals surface area contributed by atoms with E-state index in [1.807, 2.05) is 0 Å². The van der Waals surface area contributed by atoms with Crippen LogP contribution in [0.4, 0.5) is 0 Å². The molecular weight excluding hydrogens is 208 g/mol. The number of nitrogens with zero attached hydrogens (tertiary/aromatic N) is 1. The van der Waals surface area contributed by atoms with Crippen LogP contribution < -0.4 is 5.32 Å². The fourth-order valence-electron chi connectivity index (χ4n) is 2.69. The molecule has 0 radical (unpaired) electrons. The topological polar surface area (TPSA) is 15.3 Å². The Hall–Kier alpha value is -0.0800. The Balaban J connectivity index is 2.80. The van der Waals surface area contributed by atoms with Gasteiger partial charge in [0.05, 0.1) is 0 Å². The molecule has 102 valence electrons. The van der Waals surface area contributed by atoms with Gasteiger partial charge in [-0.05, 0) is 24.7 Å². The minimum Gasteiger partial charge on any atom is -0.311 e. The molecule has 0 bridgehead atoms. The zero-order valence-corrected chi connectivity index (χ0v) is 12.9. The lowest BCUT2D eigenvalue weighted by molar-refractivity contribution is 0.0160. The van der Waals surface area contributed by atoms with E-state index in [2.05, 4.69) is 58.7 Å². The summed E-state index contributed by atoms with van der Waals surface area (Å²) in [5.74, 6) is 0.727. The number of piperazine rings is 1. The fourth-order valence-corrected chi connectivity index (χ4v) is 2.69. The molecule has 0 aliphatic carbocycles. The molecule has 2 heteroatoms. The van der Waals surface area contributed by atoms with Crippen LogP contribution in [-0.4, -0.2) is 36.1 Å². The molecule has 1 heterocycles. The Bertz CT molecular complexity index is 228. The van der Waals surface area contributed by atoms with E-state index in [1.54, 1.807) is 0 Å². The predicted octanol–water partition coefficient (Wildman–Crippen LogP) is 3.13. The highest BCUT2D eigenvalue weighted by Crippen LogP contribution is 2.29. The molecule has 0 aromatic carbocycles. The minimum absolute atomic E-state index is 0.364. The standard InChI is InChI=1S/C15H32N2/c1-8-13-10-17(12(4)15(5,6)7)14(9-16-13)11(2)3/h11-14,16H,8-10H2,1-7H3. The van der Waals surface area contributed by atoms with Crippen LogP contribution >= 0.6 is 0 Å². The summed E-state index contributed by atoms with van der Waals surface area (Å²) >= 11 is 0.